The Kier molecular flexibility index (Phi) is 5.91. The van der Waals surface area contributed by atoms with E-state index in [2.05, 4.69) is 24.0 Å². The minimum absolute atomic E-state index is 0.287. The van der Waals surface area contributed by atoms with Crippen LogP contribution in [0, 0.1) is 11.7 Å². The summed E-state index contributed by atoms with van der Waals surface area (Å²) in [4.78, 5) is 12.1. The predicted octanol–water partition coefficient (Wildman–Crippen LogP) is 4.06. The lowest BCUT2D eigenvalue weighted by molar-refractivity contribution is -0.117. The molecule has 2 aromatic carbocycles. The maximum absolute atomic E-state index is 14.3. The summed E-state index contributed by atoms with van der Waals surface area (Å²) in [5.74, 6) is -0.0890. The maximum Gasteiger partial charge on any atom is 0.235 e. The van der Waals surface area contributed by atoms with E-state index in [0.29, 0.717) is 23.1 Å². The van der Waals surface area contributed by atoms with E-state index >= 15 is 0 Å². The Morgan fingerprint density at radius 2 is 1.78 bits per heavy atom. The molecule has 1 aromatic heterocycles. The number of hydrogen-bond acceptors (Lipinski definition) is 4. The zero-order valence-corrected chi connectivity index (χ0v) is 16.0. The summed E-state index contributed by atoms with van der Waals surface area (Å²) in [7, 11) is 0. The first-order valence-corrected chi connectivity index (χ1v) is 9.54. The Bertz CT molecular complexity index is 927. The molecule has 1 atom stereocenters. The average molecular weight is 384 g/mol. The van der Waals surface area contributed by atoms with Crippen molar-refractivity contribution in [3.63, 3.8) is 0 Å². The number of carbonyl (C=O) groups excluding carboxylic acids is 1. The van der Waals surface area contributed by atoms with Gasteiger partial charge in [-0.05, 0) is 23.6 Å². The Labute approximate surface area is 161 Å². The molecule has 0 bridgehead atoms. The molecule has 1 amide bonds. The van der Waals surface area contributed by atoms with Crippen LogP contribution in [0.3, 0.4) is 0 Å². The molecule has 0 fully saturated rings. The van der Waals surface area contributed by atoms with E-state index in [9.17, 15) is 9.18 Å². The fourth-order valence-electron chi connectivity index (χ4n) is 2.77. The number of nitrogens with two attached hydrogens (primary N) is 1. The van der Waals surface area contributed by atoms with E-state index in [1.807, 2.05) is 34.9 Å². The topological polar surface area (TPSA) is 73.8 Å². The van der Waals surface area contributed by atoms with E-state index in [4.69, 9.17) is 5.73 Å². The van der Waals surface area contributed by atoms with Crippen molar-refractivity contribution in [3.8, 4) is 11.4 Å². The van der Waals surface area contributed by atoms with Crippen molar-refractivity contribution >= 4 is 17.7 Å². The van der Waals surface area contributed by atoms with Crippen molar-refractivity contribution in [3.05, 3.63) is 66.0 Å². The zero-order valence-electron chi connectivity index (χ0n) is 15.2. The fraction of sp³-hybridized carbons (Fsp3) is 0.250. The number of aromatic nitrogens is 3. The Balaban J connectivity index is 2.02. The Hall–Kier alpha value is -2.67. The van der Waals surface area contributed by atoms with Crippen molar-refractivity contribution < 1.29 is 9.18 Å². The van der Waals surface area contributed by atoms with Gasteiger partial charge in [0.15, 0.2) is 11.0 Å². The maximum atomic E-state index is 14.3. The molecule has 27 heavy (non-hydrogen) atoms. The van der Waals surface area contributed by atoms with Crippen LogP contribution in [0.15, 0.2) is 59.8 Å². The summed E-state index contributed by atoms with van der Waals surface area (Å²) in [6, 6.07) is 15.8. The van der Waals surface area contributed by atoms with Crippen LogP contribution < -0.4 is 5.73 Å². The van der Waals surface area contributed by atoms with Crippen molar-refractivity contribution in [2.24, 2.45) is 11.7 Å². The van der Waals surface area contributed by atoms with Gasteiger partial charge in [-0.15, -0.1) is 10.2 Å². The molecule has 3 rings (SSSR count). The predicted molar refractivity (Wildman–Crippen MR) is 104 cm³/mol. The number of hydrogen-bond donors (Lipinski definition) is 1. The summed E-state index contributed by atoms with van der Waals surface area (Å²) >= 11 is 1.23. The average Bonchev–Trinajstić information content (AvgIpc) is 3.02. The molecule has 0 saturated carbocycles. The highest BCUT2D eigenvalue weighted by molar-refractivity contribution is 8.00. The largest absolute Gasteiger partial charge is 0.368 e. The lowest BCUT2D eigenvalue weighted by Crippen LogP contribution is -2.19. The van der Waals surface area contributed by atoms with Gasteiger partial charge in [-0.25, -0.2) is 4.39 Å². The van der Waals surface area contributed by atoms with E-state index < -0.39 is 11.2 Å². The van der Waals surface area contributed by atoms with Gasteiger partial charge in [0.1, 0.15) is 11.1 Å². The molecule has 0 radical (unpaired) electrons. The number of benzene rings is 2. The Morgan fingerprint density at radius 1 is 1.11 bits per heavy atom. The van der Waals surface area contributed by atoms with Crippen LogP contribution in [0.4, 0.5) is 4.39 Å². The van der Waals surface area contributed by atoms with Gasteiger partial charge in [-0.3, -0.25) is 4.79 Å². The molecule has 140 valence electrons. The number of primary amides is 1. The molecule has 0 unspecified atom stereocenters. The van der Waals surface area contributed by atoms with Crippen LogP contribution >= 0.6 is 11.8 Å². The third kappa shape index (κ3) is 4.36. The lowest BCUT2D eigenvalue weighted by atomic mass is 10.1. The lowest BCUT2D eigenvalue weighted by Gasteiger charge is -2.16. The molecule has 0 spiro atoms. The van der Waals surface area contributed by atoms with Crippen molar-refractivity contribution in [2.45, 2.75) is 30.8 Å². The monoisotopic (exact) mass is 384 g/mol. The second-order valence-corrected chi connectivity index (χ2v) is 7.67. The molecule has 0 saturated heterocycles. The van der Waals surface area contributed by atoms with E-state index in [0.717, 1.165) is 5.56 Å². The quantitative estimate of drug-likeness (QED) is 0.624. The van der Waals surface area contributed by atoms with Gasteiger partial charge in [-0.2, -0.15) is 0 Å². The summed E-state index contributed by atoms with van der Waals surface area (Å²) in [6.45, 7) is 4.71. The van der Waals surface area contributed by atoms with Gasteiger partial charge in [-0.1, -0.05) is 68.1 Å². The van der Waals surface area contributed by atoms with Crippen LogP contribution in [0.25, 0.3) is 11.4 Å². The van der Waals surface area contributed by atoms with Crippen molar-refractivity contribution in [1.29, 1.82) is 0 Å². The second-order valence-electron chi connectivity index (χ2n) is 6.60. The smallest absolute Gasteiger partial charge is 0.235 e. The standard InChI is InChI=1S/C20H21FN4OS/c1-13(2)12-25-19(15-10-6-7-11-16(15)21)23-24-20(25)27-17(18(22)26)14-8-4-3-5-9-14/h3-11,13,17H,12H2,1-2H3,(H2,22,26)/t17-/m1/s1. The summed E-state index contributed by atoms with van der Waals surface area (Å²) in [5.41, 5.74) is 6.81. The van der Waals surface area contributed by atoms with Crippen LogP contribution in [-0.2, 0) is 11.3 Å². The number of amides is 1. The van der Waals surface area contributed by atoms with Gasteiger partial charge in [0.2, 0.25) is 5.91 Å². The molecule has 2 N–H and O–H groups in total. The molecular formula is C20H21FN4OS. The summed E-state index contributed by atoms with van der Waals surface area (Å²) < 4.78 is 16.1. The van der Waals surface area contributed by atoms with Crippen molar-refractivity contribution in [2.75, 3.05) is 0 Å². The van der Waals surface area contributed by atoms with E-state index in [-0.39, 0.29) is 11.7 Å². The first-order chi connectivity index (χ1) is 13.0. The minimum Gasteiger partial charge on any atom is -0.368 e. The minimum atomic E-state index is -0.602. The summed E-state index contributed by atoms with van der Waals surface area (Å²) in [6.07, 6.45) is 0. The van der Waals surface area contributed by atoms with Gasteiger partial charge >= 0.3 is 0 Å². The molecule has 1 heterocycles. The van der Waals surface area contributed by atoms with Gasteiger partial charge < -0.3 is 10.3 Å². The first-order valence-electron chi connectivity index (χ1n) is 8.66. The van der Waals surface area contributed by atoms with Crippen LogP contribution in [0.5, 0.6) is 0 Å². The SMILES string of the molecule is CC(C)Cn1c(S[C@@H](C(N)=O)c2ccccc2)nnc1-c1ccccc1F. The Morgan fingerprint density at radius 3 is 2.41 bits per heavy atom. The molecule has 7 heteroatoms. The summed E-state index contributed by atoms with van der Waals surface area (Å²) in [5, 5.41) is 8.38. The van der Waals surface area contributed by atoms with Crippen LogP contribution in [0.1, 0.15) is 24.7 Å². The number of halogens is 1. The zero-order chi connectivity index (χ0) is 19.4. The van der Waals surface area contributed by atoms with Gasteiger partial charge in [0, 0.05) is 6.54 Å². The van der Waals surface area contributed by atoms with Crippen LogP contribution in [0.2, 0.25) is 0 Å². The van der Waals surface area contributed by atoms with E-state index in [1.54, 1.807) is 18.2 Å². The highest BCUT2D eigenvalue weighted by Crippen LogP contribution is 2.36. The molecule has 0 aliphatic heterocycles. The van der Waals surface area contributed by atoms with Crippen LogP contribution in [-0.4, -0.2) is 20.7 Å². The highest BCUT2D eigenvalue weighted by Gasteiger charge is 2.25. The number of nitrogens with zero attached hydrogens (tertiary/aromatic N) is 3. The van der Waals surface area contributed by atoms with Crippen molar-refractivity contribution in [1.82, 2.24) is 14.8 Å². The fourth-order valence-corrected chi connectivity index (χ4v) is 3.77. The number of carbonyl (C=O) groups is 1. The first kappa shape index (κ1) is 19.1. The molecule has 0 aliphatic carbocycles. The number of thioether (sulfide) groups is 1. The third-order valence-electron chi connectivity index (χ3n) is 3.96. The molecule has 3 aromatic rings. The molecule has 0 aliphatic rings. The third-order valence-corrected chi connectivity index (χ3v) is 5.22. The second kappa shape index (κ2) is 8.35. The number of rotatable bonds is 7. The van der Waals surface area contributed by atoms with E-state index in [1.165, 1.54) is 17.8 Å². The molecular weight excluding hydrogens is 363 g/mol. The van der Waals surface area contributed by atoms with Gasteiger partial charge in [0.05, 0.1) is 5.56 Å². The van der Waals surface area contributed by atoms with Gasteiger partial charge in [0.25, 0.3) is 0 Å². The molecule has 5 nitrogen and oxygen atoms in total. The highest BCUT2D eigenvalue weighted by atomic mass is 32.2. The normalized spacial score (nSPS) is 12.3.